The Labute approximate surface area is 109 Å². The summed E-state index contributed by atoms with van der Waals surface area (Å²) >= 11 is 12.2. The zero-order valence-corrected chi connectivity index (χ0v) is 10.4. The van der Waals surface area contributed by atoms with Gasteiger partial charge in [-0.15, -0.1) is 0 Å². The van der Waals surface area contributed by atoms with Crippen LogP contribution in [0, 0.1) is 5.82 Å². The van der Waals surface area contributed by atoms with E-state index in [1.165, 1.54) is 12.1 Å². The number of nitrogens with two attached hydrogens (primary N) is 1. The SMILES string of the molecule is NCc1cc(F)ccc1-c1c(Cl)cccc1Cl. The largest absolute Gasteiger partial charge is 0.326 e. The molecule has 1 nitrogen and oxygen atoms in total. The van der Waals surface area contributed by atoms with E-state index in [0.717, 1.165) is 5.56 Å². The Morgan fingerprint density at radius 1 is 1.06 bits per heavy atom. The highest BCUT2D eigenvalue weighted by atomic mass is 35.5. The lowest BCUT2D eigenvalue weighted by atomic mass is 9.99. The van der Waals surface area contributed by atoms with E-state index in [0.29, 0.717) is 21.2 Å². The Balaban J connectivity index is 2.68. The van der Waals surface area contributed by atoms with Crippen LogP contribution in [0.15, 0.2) is 36.4 Å². The fraction of sp³-hybridized carbons (Fsp3) is 0.0769. The van der Waals surface area contributed by atoms with Crippen molar-refractivity contribution in [1.82, 2.24) is 0 Å². The second kappa shape index (κ2) is 5.05. The quantitative estimate of drug-likeness (QED) is 0.866. The van der Waals surface area contributed by atoms with Crippen molar-refractivity contribution >= 4 is 23.2 Å². The molecule has 0 aromatic heterocycles. The van der Waals surface area contributed by atoms with Crippen LogP contribution in [0.4, 0.5) is 4.39 Å². The van der Waals surface area contributed by atoms with Crippen LogP contribution in [0.5, 0.6) is 0 Å². The summed E-state index contributed by atoms with van der Waals surface area (Å²) in [5.74, 6) is -0.322. The van der Waals surface area contributed by atoms with E-state index in [1.807, 2.05) is 0 Å². The average Bonchev–Trinajstić information content (AvgIpc) is 2.30. The van der Waals surface area contributed by atoms with E-state index in [1.54, 1.807) is 24.3 Å². The third-order valence-corrected chi connectivity index (χ3v) is 3.15. The fourth-order valence-corrected chi connectivity index (χ4v) is 2.33. The second-order valence-corrected chi connectivity index (χ2v) is 4.42. The van der Waals surface area contributed by atoms with Gasteiger partial charge in [0.05, 0.1) is 0 Å². The van der Waals surface area contributed by atoms with E-state index in [4.69, 9.17) is 28.9 Å². The van der Waals surface area contributed by atoms with Crippen LogP contribution in [-0.2, 0) is 6.54 Å². The second-order valence-electron chi connectivity index (χ2n) is 3.60. The molecule has 0 atom stereocenters. The predicted molar refractivity (Wildman–Crippen MR) is 69.7 cm³/mol. The third-order valence-electron chi connectivity index (χ3n) is 2.52. The maximum atomic E-state index is 13.1. The first-order valence-electron chi connectivity index (χ1n) is 5.06. The Morgan fingerprint density at radius 3 is 2.29 bits per heavy atom. The molecule has 2 aromatic rings. The molecule has 0 amide bonds. The highest BCUT2D eigenvalue weighted by Gasteiger charge is 2.12. The first-order chi connectivity index (χ1) is 8.13. The molecule has 2 aromatic carbocycles. The summed E-state index contributed by atoms with van der Waals surface area (Å²) in [5, 5.41) is 1.05. The van der Waals surface area contributed by atoms with Crippen LogP contribution in [0.25, 0.3) is 11.1 Å². The van der Waals surface area contributed by atoms with E-state index >= 15 is 0 Å². The number of rotatable bonds is 2. The predicted octanol–water partition coefficient (Wildman–Crippen LogP) is 4.26. The molecule has 88 valence electrons. The molecule has 2 N–H and O–H groups in total. The lowest BCUT2D eigenvalue weighted by Crippen LogP contribution is -2.00. The van der Waals surface area contributed by atoms with Gasteiger partial charge < -0.3 is 5.73 Å². The van der Waals surface area contributed by atoms with Gasteiger partial charge >= 0.3 is 0 Å². The minimum Gasteiger partial charge on any atom is -0.326 e. The van der Waals surface area contributed by atoms with Crippen LogP contribution in [0.3, 0.4) is 0 Å². The Bertz CT molecular complexity index is 535. The first kappa shape index (κ1) is 12.4. The summed E-state index contributed by atoms with van der Waals surface area (Å²) in [6.07, 6.45) is 0. The summed E-state index contributed by atoms with van der Waals surface area (Å²) in [4.78, 5) is 0. The zero-order chi connectivity index (χ0) is 12.4. The zero-order valence-electron chi connectivity index (χ0n) is 8.88. The van der Waals surface area contributed by atoms with Gasteiger partial charge in [-0.3, -0.25) is 0 Å². The minimum atomic E-state index is -0.322. The van der Waals surface area contributed by atoms with Gasteiger partial charge in [0.1, 0.15) is 5.82 Å². The Hall–Kier alpha value is -1.09. The smallest absolute Gasteiger partial charge is 0.123 e. The van der Waals surface area contributed by atoms with Gasteiger partial charge in [0.15, 0.2) is 0 Å². The number of benzene rings is 2. The van der Waals surface area contributed by atoms with Crippen LogP contribution < -0.4 is 5.73 Å². The lowest BCUT2D eigenvalue weighted by Gasteiger charge is -2.11. The van der Waals surface area contributed by atoms with Crippen LogP contribution in [-0.4, -0.2) is 0 Å². The number of halogens is 3. The van der Waals surface area contributed by atoms with E-state index in [9.17, 15) is 4.39 Å². The van der Waals surface area contributed by atoms with Gasteiger partial charge in [0.25, 0.3) is 0 Å². The van der Waals surface area contributed by atoms with Crippen molar-refractivity contribution in [1.29, 1.82) is 0 Å². The van der Waals surface area contributed by atoms with Gasteiger partial charge in [0.2, 0.25) is 0 Å². The minimum absolute atomic E-state index is 0.231. The maximum Gasteiger partial charge on any atom is 0.123 e. The van der Waals surface area contributed by atoms with Crippen molar-refractivity contribution in [3.8, 4) is 11.1 Å². The van der Waals surface area contributed by atoms with E-state index in [-0.39, 0.29) is 12.4 Å². The third kappa shape index (κ3) is 2.44. The van der Waals surface area contributed by atoms with Crippen LogP contribution in [0.1, 0.15) is 5.56 Å². The molecule has 0 spiro atoms. The maximum absolute atomic E-state index is 13.1. The molecule has 0 bridgehead atoms. The molecule has 0 aliphatic rings. The molecular weight excluding hydrogens is 260 g/mol. The van der Waals surface area contributed by atoms with Crippen molar-refractivity contribution in [2.75, 3.05) is 0 Å². The highest BCUT2D eigenvalue weighted by Crippen LogP contribution is 2.36. The van der Waals surface area contributed by atoms with Gasteiger partial charge in [-0.05, 0) is 35.4 Å². The molecule has 0 radical (unpaired) electrons. The molecule has 0 unspecified atom stereocenters. The van der Waals surface area contributed by atoms with Gasteiger partial charge in [-0.25, -0.2) is 4.39 Å². The van der Waals surface area contributed by atoms with Crippen molar-refractivity contribution in [3.05, 3.63) is 57.8 Å². The van der Waals surface area contributed by atoms with Crippen molar-refractivity contribution in [3.63, 3.8) is 0 Å². The number of hydrogen-bond donors (Lipinski definition) is 1. The molecule has 0 aliphatic carbocycles. The average molecular weight is 270 g/mol. The Morgan fingerprint density at radius 2 is 1.71 bits per heavy atom. The molecule has 17 heavy (non-hydrogen) atoms. The fourth-order valence-electron chi connectivity index (χ4n) is 1.73. The van der Waals surface area contributed by atoms with Crippen molar-refractivity contribution in [2.24, 2.45) is 5.73 Å². The molecular formula is C13H10Cl2FN. The van der Waals surface area contributed by atoms with E-state index < -0.39 is 0 Å². The summed E-state index contributed by atoms with van der Waals surface area (Å²) in [5.41, 5.74) is 7.74. The molecule has 0 saturated carbocycles. The molecule has 4 heteroatoms. The van der Waals surface area contributed by atoms with Gasteiger partial charge in [-0.2, -0.15) is 0 Å². The first-order valence-corrected chi connectivity index (χ1v) is 5.82. The van der Waals surface area contributed by atoms with E-state index in [2.05, 4.69) is 0 Å². The summed E-state index contributed by atoms with van der Waals surface area (Å²) < 4.78 is 13.1. The molecule has 0 fully saturated rings. The van der Waals surface area contributed by atoms with Gasteiger partial charge in [-0.1, -0.05) is 35.3 Å². The Kier molecular flexibility index (Phi) is 3.67. The standard InChI is InChI=1S/C13H10Cl2FN/c14-11-2-1-3-12(15)13(11)10-5-4-9(16)6-8(10)7-17/h1-6H,7,17H2. The summed E-state index contributed by atoms with van der Waals surface area (Å²) in [7, 11) is 0. The monoisotopic (exact) mass is 269 g/mol. The van der Waals surface area contributed by atoms with Gasteiger partial charge in [0, 0.05) is 22.2 Å². The normalized spacial score (nSPS) is 10.6. The number of hydrogen-bond acceptors (Lipinski definition) is 1. The topological polar surface area (TPSA) is 26.0 Å². The molecule has 0 heterocycles. The lowest BCUT2D eigenvalue weighted by molar-refractivity contribution is 0.625. The molecule has 0 saturated heterocycles. The summed E-state index contributed by atoms with van der Waals surface area (Å²) in [6.45, 7) is 0.231. The van der Waals surface area contributed by atoms with Crippen molar-refractivity contribution < 1.29 is 4.39 Å². The summed E-state index contributed by atoms with van der Waals surface area (Å²) in [6, 6.07) is 9.66. The van der Waals surface area contributed by atoms with Crippen LogP contribution in [0.2, 0.25) is 10.0 Å². The van der Waals surface area contributed by atoms with Crippen LogP contribution >= 0.6 is 23.2 Å². The van der Waals surface area contributed by atoms with Crippen molar-refractivity contribution in [2.45, 2.75) is 6.54 Å². The molecule has 2 rings (SSSR count). The molecule has 0 aliphatic heterocycles. The highest BCUT2D eigenvalue weighted by molar-refractivity contribution is 6.39.